The Morgan fingerprint density at radius 1 is 1.28 bits per heavy atom. The molecule has 2 rings (SSSR count). The van der Waals surface area contributed by atoms with E-state index in [1.165, 1.54) is 24.3 Å². The number of phenols is 1. The topological polar surface area (TPSA) is 49.3 Å². The van der Waals surface area contributed by atoms with Crippen LogP contribution < -0.4 is 5.32 Å². The summed E-state index contributed by atoms with van der Waals surface area (Å²) < 4.78 is 0. The molecule has 0 aromatic heterocycles. The minimum atomic E-state index is -0.478. The average molecular weight is 281 g/mol. The molecule has 0 atom stereocenters. The molecule has 18 heavy (non-hydrogen) atoms. The van der Waals surface area contributed by atoms with E-state index in [4.69, 9.17) is 23.2 Å². The van der Waals surface area contributed by atoms with Crippen molar-refractivity contribution in [1.82, 2.24) is 0 Å². The van der Waals surface area contributed by atoms with Gasteiger partial charge in [-0.2, -0.15) is 0 Å². The summed E-state index contributed by atoms with van der Waals surface area (Å²) in [6.45, 7) is 0. The number of rotatable bonds is 2. The van der Waals surface area contributed by atoms with Gasteiger partial charge in [-0.15, -0.1) is 0 Å². The molecule has 0 saturated heterocycles. The maximum atomic E-state index is 11.9. The normalized spacial score (nSPS) is 10.1. The lowest BCUT2D eigenvalue weighted by molar-refractivity contribution is 0.102. The summed E-state index contributed by atoms with van der Waals surface area (Å²) in [7, 11) is 0. The van der Waals surface area contributed by atoms with Crippen LogP contribution in [0, 0.1) is 6.07 Å². The van der Waals surface area contributed by atoms with Crippen molar-refractivity contribution in [2.75, 3.05) is 5.32 Å². The third-order valence-corrected chi connectivity index (χ3v) is 2.83. The zero-order valence-corrected chi connectivity index (χ0v) is 10.6. The lowest BCUT2D eigenvalue weighted by Crippen LogP contribution is -2.12. The number of amides is 1. The molecule has 1 amide bonds. The Kier molecular flexibility index (Phi) is 3.75. The summed E-state index contributed by atoms with van der Waals surface area (Å²) >= 11 is 11.7. The van der Waals surface area contributed by atoms with Gasteiger partial charge in [0.15, 0.2) is 0 Å². The van der Waals surface area contributed by atoms with Gasteiger partial charge in [0.1, 0.15) is 5.75 Å². The molecule has 0 spiro atoms. The van der Waals surface area contributed by atoms with E-state index in [1.54, 1.807) is 12.1 Å². The van der Waals surface area contributed by atoms with E-state index in [2.05, 4.69) is 11.4 Å². The first-order valence-electron chi connectivity index (χ1n) is 5.03. The first-order valence-corrected chi connectivity index (χ1v) is 5.79. The van der Waals surface area contributed by atoms with E-state index in [0.717, 1.165) is 0 Å². The Bertz CT molecular complexity index is 599. The van der Waals surface area contributed by atoms with Crippen LogP contribution in [0.15, 0.2) is 36.4 Å². The second-order valence-electron chi connectivity index (χ2n) is 3.52. The minimum Gasteiger partial charge on any atom is -0.507 e. The van der Waals surface area contributed by atoms with Gasteiger partial charge in [0.25, 0.3) is 5.91 Å². The summed E-state index contributed by atoms with van der Waals surface area (Å²) in [4.78, 5) is 11.9. The standard InChI is InChI=1S/C13H8Cl2NO2/c14-8-5-6-10(15)11(7-8)16-13(18)9-3-1-2-4-12(9)17/h2-7,17H,(H,16,18). The van der Waals surface area contributed by atoms with Crippen LogP contribution in [-0.2, 0) is 0 Å². The van der Waals surface area contributed by atoms with Crippen LogP contribution >= 0.6 is 23.2 Å². The van der Waals surface area contributed by atoms with E-state index in [0.29, 0.717) is 15.7 Å². The minimum absolute atomic E-state index is 0.119. The third-order valence-electron chi connectivity index (χ3n) is 2.26. The van der Waals surface area contributed by atoms with Crippen molar-refractivity contribution in [2.45, 2.75) is 0 Å². The van der Waals surface area contributed by atoms with Gasteiger partial charge in [0, 0.05) is 5.02 Å². The number of carbonyl (C=O) groups is 1. The second kappa shape index (κ2) is 5.29. The highest BCUT2D eigenvalue weighted by Crippen LogP contribution is 2.26. The number of aromatic hydroxyl groups is 1. The molecule has 0 heterocycles. The van der Waals surface area contributed by atoms with Crippen molar-refractivity contribution >= 4 is 34.8 Å². The molecule has 0 aliphatic rings. The van der Waals surface area contributed by atoms with Crippen LogP contribution in [0.3, 0.4) is 0 Å². The van der Waals surface area contributed by atoms with Crippen LogP contribution in [0.5, 0.6) is 5.75 Å². The fraction of sp³-hybridized carbons (Fsp3) is 0. The molecule has 0 aliphatic carbocycles. The molecule has 0 bridgehead atoms. The summed E-state index contributed by atoms with van der Waals surface area (Å²) in [5, 5.41) is 12.9. The van der Waals surface area contributed by atoms with E-state index < -0.39 is 5.91 Å². The van der Waals surface area contributed by atoms with Gasteiger partial charge in [0.2, 0.25) is 0 Å². The highest BCUT2D eigenvalue weighted by atomic mass is 35.5. The van der Waals surface area contributed by atoms with Crippen molar-refractivity contribution in [3.63, 3.8) is 0 Å². The quantitative estimate of drug-likeness (QED) is 0.880. The Labute approximate surface area is 114 Å². The maximum Gasteiger partial charge on any atom is 0.259 e. The van der Waals surface area contributed by atoms with Crippen LogP contribution in [0.25, 0.3) is 0 Å². The number of carbonyl (C=O) groups excluding carboxylic acids is 1. The van der Waals surface area contributed by atoms with Crippen molar-refractivity contribution in [3.05, 3.63) is 58.1 Å². The fourth-order valence-corrected chi connectivity index (χ4v) is 1.72. The highest BCUT2D eigenvalue weighted by Gasteiger charge is 2.12. The van der Waals surface area contributed by atoms with Gasteiger partial charge in [-0.05, 0) is 36.4 Å². The fourth-order valence-electron chi connectivity index (χ4n) is 1.39. The maximum absolute atomic E-state index is 11.9. The first-order chi connectivity index (χ1) is 8.58. The predicted molar refractivity (Wildman–Crippen MR) is 71.4 cm³/mol. The lowest BCUT2D eigenvalue weighted by Gasteiger charge is -2.08. The van der Waals surface area contributed by atoms with Crippen molar-refractivity contribution in [3.8, 4) is 5.75 Å². The number of phenolic OH excluding ortho intramolecular Hbond substituents is 1. The molecular formula is C13H8Cl2NO2. The third kappa shape index (κ3) is 2.75. The van der Waals surface area contributed by atoms with E-state index in [-0.39, 0.29) is 11.3 Å². The molecule has 0 aliphatic heterocycles. The van der Waals surface area contributed by atoms with Crippen LogP contribution in [0.2, 0.25) is 10.0 Å². The Morgan fingerprint density at radius 3 is 2.78 bits per heavy atom. The average Bonchev–Trinajstić information content (AvgIpc) is 2.34. The summed E-state index contributed by atoms with van der Waals surface area (Å²) in [5.41, 5.74) is 0.506. The van der Waals surface area contributed by atoms with Gasteiger partial charge in [0.05, 0.1) is 16.3 Å². The molecule has 1 radical (unpaired) electrons. The number of hydrogen-bond donors (Lipinski definition) is 2. The number of benzene rings is 2. The molecule has 2 N–H and O–H groups in total. The number of halogens is 2. The number of hydrogen-bond acceptors (Lipinski definition) is 2. The van der Waals surface area contributed by atoms with Gasteiger partial charge in [-0.3, -0.25) is 4.79 Å². The van der Waals surface area contributed by atoms with Crippen molar-refractivity contribution in [2.24, 2.45) is 0 Å². The van der Waals surface area contributed by atoms with Gasteiger partial charge < -0.3 is 10.4 Å². The summed E-state index contributed by atoms with van der Waals surface area (Å²) in [6.07, 6.45) is 0. The predicted octanol–water partition coefficient (Wildman–Crippen LogP) is 3.75. The molecule has 5 heteroatoms. The van der Waals surface area contributed by atoms with E-state index >= 15 is 0 Å². The van der Waals surface area contributed by atoms with Gasteiger partial charge in [-0.25, -0.2) is 0 Å². The number of nitrogens with one attached hydrogen (secondary N) is 1. The van der Waals surface area contributed by atoms with Gasteiger partial charge >= 0.3 is 0 Å². The summed E-state index contributed by atoms with van der Waals surface area (Å²) in [5.74, 6) is -0.599. The molecule has 3 nitrogen and oxygen atoms in total. The molecule has 2 aromatic rings. The second-order valence-corrected chi connectivity index (χ2v) is 4.37. The highest BCUT2D eigenvalue weighted by molar-refractivity contribution is 6.35. The lowest BCUT2D eigenvalue weighted by atomic mass is 10.2. The van der Waals surface area contributed by atoms with Crippen LogP contribution in [-0.4, -0.2) is 11.0 Å². The van der Waals surface area contributed by atoms with Crippen LogP contribution in [0.4, 0.5) is 5.69 Å². The zero-order valence-electron chi connectivity index (χ0n) is 9.08. The molecular weight excluding hydrogens is 273 g/mol. The van der Waals surface area contributed by atoms with E-state index in [9.17, 15) is 9.90 Å². The van der Waals surface area contributed by atoms with Crippen molar-refractivity contribution < 1.29 is 9.90 Å². The Morgan fingerprint density at radius 2 is 2.06 bits per heavy atom. The van der Waals surface area contributed by atoms with Crippen molar-refractivity contribution in [1.29, 1.82) is 0 Å². The summed E-state index contributed by atoms with van der Waals surface area (Å²) in [6, 6.07) is 11.7. The molecule has 0 saturated carbocycles. The Balaban J connectivity index is 2.27. The molecule has 0 unspecified atom stereocenters. The van der Waals surface area contributed by atoms with Gasteiger partial charge in [-0.1, -0.05) is 29.3 Å². The van der Waals surface area contributed by atoms with E-state index in [1.807, 2.05) is 0 Å². The number of anilines is 1. The van der Waals surface area contributed by atoms with Crippen LogP contribution in [0.1, 0.15) is 10.4 Å². The largest absolute Gasteiger partial charge is 0.507 e. The Hall–Kier alpha value is -1.71. The first kappa shape index (κ1) is 12.7. The molecule has 91 valence electrons. The molecule has 0 fully saturated rings. The SMILES string of the molecule is O=C(Nc1cc(Cl)ccc1Cl)c1c[c]ccc1O. The molecule has 2 aromatic carbocycles. The smallest absolute Gasteiger partial charge is 0.259 e. The zero-order chi connectivity index (χ0) is 13.1. The monoisotopic (exact) mass is 280 g/mol.